The van der Waals surface area contributed by atoms with Crippen LogP contribution in [0.3, 0.4) is 0 Å². The van der Waals surface area contributed by atoms with Gasteiger partial charge in [-0.2, -0.15) is 0 Å². The predicted molar refractivity (Wildman–Crippen MR) is 85.8 cm³/mol. The van der Waals surface area contributed by atoms with Crippen LogP contribution >= 0.6 is 15.9 Å². The second-order valence-electron chi connectivity index (χ2n) is 4.92. The minimum atomic E-state index is -3.83. The van der Waals surface area contributed by atoms with Gasteiger partial charge in [-0.1, -0.05) is 45.3 Å². The molecule has 0 atom stereocenters. The summed E-state index contributed by atoms with van der Waals surface area (Å²) in [5.41, 5.74) is 3.25. The van der Waals surface area contributed by atoms with Crippen molar-refractivity contribution < 1.29 is 13.2 Å². The van der Waals surface area contributed by atoms with E-state index in [2.05, 4.69) is 22.0 Å². The SMILES string of the molecule is Cc1cc(C)cc(COc2ccc(Br)cc2S(N)(=O)=O)c1. The van der Waals surface area contributed by atoms with E-state index < -0.39 is 10.0 Å². The van der Waals surface area contributed by atoms with Gasteiger partial charge in [0.1, 0.15) is 17.3 Å². The van der Waals surface area contributed by atoms with Gasteiger partial charge in [-0.15, -0.1) is 0 Å². The van der Waals surface area contributed by atoms with Gasteiger partial charge in [0.25, 0.3) is 0 Å². The Bertz CT molecular complexity index is 752. The number of primary sulfonamides is 1. The molecule has 0 saturated heterocycles. The Balaban J connectivity index is 2.28. The second kappa shape index (κ2) is 6.17. The molecule has 0 aliphatic rings. The summed E-state index contributed by atoms with van der Waals surface area (Å²) in [6.07, 6.45) is 0. The molecule has 2 aromatic carbocycles. The average Bonchev–Trinajstić information content (AvgIpc) is 2.35. The summed E-state index contributed by atoms with van der Waals surface area (Å²) in [5, 5.41) is 5.22. The lowest BCUT2D eigenvalue weighted by Gasteiger charge is -2.11. The summed E-state index contributed by atoms with van der Waals surface area (Å²) in [6, 6.07) is 10.8. The molecule has 4 nitrogen and oxygen atoms in total. The Hall–Kier alpha value is -1.37. The first kappa shape index (κ1) is 16.0. The van der Waals surface area contributed by atoms with Crippen molar-refractivity contribution in [3.05, 3.63) is 57.6 Å². The molecular weight excluding hydrogens is 354 g/mol. The number of sulfonamides is 1. The van der Waals surface area contributed by atoms with Gasteiger partial charge in [0.2, 0.25) is 10.0 Å². The van der Waals surface area contributed by atoms with Crippen LogP contribution in [-0.2, 0) is 16.6 Å². The summed E-state index contributed by atoms with van der Waals surface area (Å²) in [7, 11) is -3.83. The summed E-state index contributed by atoms with van der Waals surface area (Å²) in [4.78, 5) is -0.0266. The molecule has 2 rings (SSSR count). The van der Waals surface area contributed by atoms with Crippen molar-refractivity contribution in [1.29, 1.82) is 0 Å². The van der Waals surface area contributed by atoms with Crippen LogP contribution in [0.15, 0.2) is 45.8 Å². The fourth-order valence-electron chi connectivity index (χ4n) is 2.14. The van der Waals surface area contributed by atoms with Crippen molar-refractivity contribution in [1.82, 2.24) is 0 Å². The summed E-state index contributed by atoms with van der Waals surface area (Å²) < 4.78 is 29.5. The zero-order valence-corrected chi connectivity index (χ0v) is 14.2. The number of benzene rings is 2. The lowest BCUT2D eigenvalue weighted by atomic mass is 10.1. The third-order valence-corrected chi connectivity index (χ3v) is 4.31. The maximum absolute atomic E-state index is 11.6. The predicted octanol–water partition coefficient (Wildman–Crippen LogP) is 3.29. The molecule has 2 aromatic rings. The fraction of sp³-hybridized carbons (Fsp3) is 0.200. The minimum absolute atomic E-state index is 0.0266. The first-order chi connectivity index (χ1) is 9.75. The number of hydrogen-bond acceptors (Lipinski definition) is 3. The molecule has 0 bridgehead atoms. The molecule has 0 heterocycles. The van der Waals surface area contributed by atoms with Crippen molar-refractivity contribution in [3.63, 3.8) is 0 Å². The zero-order chi connectivity index (χ0) is 15.6. The molecule has 0 aromatic heterocycles. The van der Waals surface area contributed by atoms with E-state index in [0.717, 1.165) is 16.7 Å². The summed E-state index contributed by atoms with van der Waals surface area (Å²) in [6.45, 7) is 4.30. The quantitative estimate of drug-likeness (QED) is 0.898. The van der Waals surface area contributed by atoms with E-state index in [1.165, 1.54) is 6.07 Å². The van der Waals surface area contributed by atoms with E-state index in [9.17, 15) is 8.42 Å². The highest BCUT2D eigenvalue weighted by Gasteiger charge is 2.16. The van der Waals surface area contributed by atoms with Gasteiger partial charge in [-0.25, -0.2) is 13.6 Å². The van der Waals surface area contributed by atoms with Gasteiger partial charge in [-0.3, -0.25) is 0 Å². The molecule has 0 aliphatic carbocycles. The molecule has 0 spiro atoms. The number of ether oxygens (including phenoxy) is 1. The molecule has 0 saturated carbocycles. The van der Waals surface area contributed by atoms with E-state index in [4.69, 9.17) is 9.88 Å². The summed E-state index contributed by atoms with van der Waals surface area (Å²) in [5.74, 6) is 0.250. The van der Waals surface area contributed by atoms with Gasteiger partial charge in [0, 0.05) is 4.47 Å². The maximum atomic E-state index is 11.6. The highest BCUT2D eigenvalue weighted by atomic mass is 79.9. The molecule has 112 valence electrons. The van der Waals surface area contributed by atoms with Crippen LogP contribution in [0, 0.1) is 13.8 Å². The highest BCUT2D eigenvalue weighted by Crippen LogP contribution is 2.27. The number of nitrogens with two attached hydrogens (primary N) is 1. The Labute approximate surface area is 133 Å². The van der Waals surface area contributed by atoms with Crippen molar-refractivity contribution in [2.75, 3.05) is 0 Å². The lowest BCUT2D eigenvalue weighted by molar-refractivity contribution is 0.297. The van der Waals surface area contributed by atoms with E-state index in [0.29, 0.717) is 4.47 Å². The Kier molecular flexibility index (Phi) is 4.70. The van der Waals surface area contributed by atoms with Crippen LogP contribution in [-0.4, -0.2) is 8.42 Å². The molecule has 6 heteroatoms. The van der Waals surface area contributed by atoms with Gasteiger partial charge >= 0.3 is 0 Å². The largest absolute Gasteiger partial charge is 0.487 e. The maximum Gasteiger partial charge on any atom is 0.241 e. The lowest BCUT2D eigenvalue weighted by Crippen LogP contribution is -2.14. The van der Waals surface area contributed by atoms with Crippen molar-refractivity contribution in [2.45, 2.75) is 25.3 Å². The first-order valence-electron chi connectivity index (χ1n) is 6.28. The van der Waals surface area contributed by atoms with E-state index in [1.807, 2.05) is 26.0 Å². The third-order valence-electron chi connectivity index (χ3n) is 2.89. The standard InChI is InChI=1S/C15H16BrNO3S/c1-10-5-11(2)7-12(6-10)9-20-14-4-3-13(16)8-15(14)21(17,18)19/h3-8H,9H2,1-2H3,(H2,17,18,19). The summed E-state index contributed by atoms with van der Waals surface area (Å²) >= 11 is 3.23. The Morgan fingerprint density at radius 3 is 2.29 bits per heavy atom. The zero-order valence-electron chi connectivity index (χ0n) is 11.8. The van der Waals surface area contributed by atoms with Gasteiger partial charge in [0.15, 0.2) is 0 Å². The molecule has 0 fully saturated rings. The highest BCUT2D eigenvalue weighted by molar-refractivity contribution is 9.10. The normalized spacial score (nSPS) is 11.4. The minimum Gasteiger partial charge on any atom is -0.487 e. The van der Waals surface area contributed by atoms with Crippen LogP contribution in [0.1, 0.15) is 16.7 Å². The molecule has 2 N–H and O–H groups in total. The van der Waals surface area contributed by atoms with Crippen molar-refractivity contribution in [3.8, 4) is 5.75 Å². The molecular formula is C15H16BrNO3S. The van der Waals surface area contributed by atoms with Crippen LogP contribution in [0.5, 0.6) is 5.75 Å². The van der Waals surface area contributed by atoms with Gasteiger partial charge in [0.05, 0.1) is 0 Å². The molecule has 0 unspecified atom stereocenters. The molecule has 0 amide bonds. The fourth-order valence-corrected chi connectivity index (χ4v) is 3.35. The van der Waals surface area contributed by atoms with Crippen LogP contribution in [0.2, 0.25) is 0 Å². The number of aryl methyl sites for hydroxylation is 2. The molecule has 21 heavy (non-hydrogen) atoms. The third kappa shape index (κ3) is 4.30. The van der Waals surface area contributed by atoms with E-state index in [-0.39, 0.29) is 17.3 Å². The molecule has 0 radical (unpaired) electrons. The van der Waals surface area contributed by atoms with Gasteiger partial charge in [-0.05, 0) is 37.6 Å². The van der Waals surface area contributed by atoms with E-state index in [1.54, 1.807) is 12.1 Å². The molecule has 0 aliphatic heterocycles. The van der Waals surface area contributed by atoms with Gasteiger partial charge < -0.3 is 4.74 Å². The topological polar surface area (TPSA) is 69.4 Å². The average molecular weight is 370 g/mol. The second-order valence-corrected chi connectivity index (χ2v) is 7.37. The van der Waals surface area contributed by atoms with Crippen molar-refractivity contribution >= 4 is 26.0 Å². The Morgan fingerprint density at radius 2 is 1.71 bits per heavy atom. The monoisotopic (exact) mass is 369 g/mol. The Morgan fingerprint density at radius 1 is 1.10 bits per heavy atom. The number of rotatable bonds is 4. The van der Waals surface area contributed by atoms with Crippen molar-refractivity contribution in [2.24, 2.45) is 5.14 Å². The first-order valence-corrected chi connectivity index (χ1v) is 8.62. The van der Waals surface area contributed by atoms with E-state index >= 15 is 0 Å². The van der Waals surface area contributed by atoms with Crippen LogP contribution < -0.4 is 9.88 Å². The van der Waals surface area contributed by atoms with Crippen LogP contribution in [0.4, 0.5) is 0 Å². The number of hydrogen-bond donors (Lipinski definition) is 1. The van der Waals surface area contributed by atoms with Crippen LogP contribution in [0.25, 0.3) is 0 Å². The number of halogens is 1. The smallest absolute Gasteiger partial charge is 0.241 e.